The lowest BCUT2D eigenvalue weighted by Crippen LogP contribution is -1.97. The highest BCUT2D eigenvalue weighted by Gasteiger charge is 2.10. The highest BCUT2D eigenvalue weighted by molar-refractivity contribution is 5.94. The third-order valence-electron chi connectivity index (χ3n) is 4.23. The number of hydrogen-bond acceptors (Lipinski definition) is 2. The predicted octanol–water partition coefficient (Wildman–Crippen LogP) is 4.49. The molecule has 0 saturated carbocycles. The number of imidazole rings is 1. The minimum absolute atomic E-state index is 0.536. The molecule has 0 unspecified atom stereocenters. The van der Waals surface area contributed by atoms with Gasteiger partial charge in [0.15, 0.2) is 0 Å². The molecule has 1 aromatic heterocycles. The molecule has 4 aromatic rings. The summed E-state index contributed by atoms with van der Waals surface area (Å²) in [6.07, 6.45) is 0. The second kappa shape index (κ2) is 5.29. The topological polar surface area (TPSA) is 43.8 Å². The molecule has 1 heterocycles. The molecule has 0 bridgehead atoms. The maximum Gasteiger partial charge on any atom is 0.200 e. The van der Waals surface area contributed by atoms with E-state index < -0.39 is 0 Å². The van der Waals surface area contributed by atoms with E-state index in [-0.39, 0.29) is 0 Å². The van der Waals surface area contributed by atoms with Crippen molar-refractivity contribution < 1.29 is 0 Å². The van der Waals surface area contributed by atoms with Crippen LogP contribution in [0.4, 0.5) is 5.95 Å². The van der Waals surface area contributed by atoms with Crippen LogP contribution < -0.4 is 5.73 Å². The van der Waals surface area contributed by atoms with Crippen LogP contribution >= 0.6 is 0 Å². The van der Waals surface area contributed by atoms with Gasteiger partial charge < -0.3 is 10.3 Å². The highest BCUT2D eigenvalue weighted by Crippen LogP contribution is 2.31. The standard InChI is InChI=1S/C20H17N3/c1-23-19-17(8-5-9-18(19)22-20(23)21)16-12-10-15(11-13-16)14-6-3-2-4-7-14/h2-13H,1H3,(H2,21,22). The van der Waals surface area contributed by atoms with E-state index >= 15 is 0 Å². The Morgan fingerprint density at radius 3 is 2.13 bits per heavy atom. The normalized spacial score (nSPS) is 11.0. The van der Waals surface area contributed by atoms with Crippen molar-refractivity contribution in [3.8, 4) is 22.3 Å². The fourth-order valence-electron chi connectivity index (χ4n) is 2.99. The minimum atomic E-state index is 0.536. The largest absolute Gasteiger partial charge is 0.369 e. The van der Waals surface area contributed by atoms with Gasteiger partial charge in [-0.2, -0.15) is 0 Å². The summed E-state index contributed by atoms with van der Waals surface area (Å²) in [5.41, 5.74) is 12.7. The molecule has 3 nitrogen and oxygen atoms in total. The number of nitrogens with zero attached hydrogens (tertiary/aromatic N) is 2. The Balaban J connectivity index is 1.83. The molecule has 0 spiro atoms. The molecule has 0 atom stereocenters. The lowest BCUT2D eigenvalue weighted by atomic mass is 9.99. The van der Waals surface area contributed by atoms with Crippen LogP contribution in [-0.2, 0) is 7.05 Å². The third-order valence-corrected chi connectivity index (χ3v) is 4.23. The smallest absolute Gasteiger partial charge is 0.200 e. The number of aryl methyl sites for hydroxylation is 1. The van der Waals surface area contributed by atoms with Gasteiger partial charge in [0.05, 0.1) is 11.0 Å². The zero-order chi connectivity index (χ0) is 15.8. The lowest BCUT2D eigenvalue weighted by Gasteiger charge is -2.08. The van der Waals surface area contributed by atoms with E-state index in [4.69, 9.17) is 5.73 Å². The van der Waals surface area contributed by atoms with E-state index in [0.717, 1.165) is 16.6 Å². The molecule has 0 aliphatic carbocycles. The first kappa shape index (κ1) is 13.6. The zero-order valence-electron chi connectivity index (χ0n) is 12.9. The maximum atomic E-state index is 5.95. The molecule has 0 saturated heterocycles. The summed E-state index contributed by atoms with van der Waals surface area (Å²) in [5.74, 6) is 0.536. The van der Waals surface area contributed by atoms with Crippen molar-refractivity contribution in [1.82, 2.24) is 9.55 Å². The fourth-order valence-corrected chi connectivity index (χ4v) is 2.99. The van der Waals surface area contributed by atoms with Crippen molar-refractivity contribution in [2.45, 2.75) is 0 Å². The lowest BCUT2D eigenvalue weighted by molar-refractivity contribution is 0.966. The molecule has 0 aliphatic heterocycles. The van der Waals surface area contributed by atoms with Crippen LogP contribution in [0.3, 0.4) is 0 Å². The Morgan fingerprint density at radius 1 is 0.739 bits per heavy atom. The van der Waals surface area contributed by atoms with E-state index in [1.54, 1.807) is 0 Å². The Kier molecular flexibility index (Phi) is 3.12. The average Bonchev–Trinajstić information content (AvgIpc) is 2.90. The van der Waals surface area contributed by atoms with Gasteiger partial charge >= 0.3 is 0 Å². The average molecular weight is 299 g/mol. The summed E-state index contributed by atoms with van der Waals surface area (Å²) in [5, 5.41) is 0. The molecule has 112 valence electrons. The van der Waals surface area contributed by atoms with Crippen molar-refractivity contribution in [1.29, 1.82) is 0 Å². The number of benzene rings is 3. The predicted molar refractivity (Wildman–Crippen MR) is 96.0 cm³/mol. The molecule has 3 heteroatoms. The van der Waals surface area contributed by atoms with Gasteiger partial charge in [-0.05, 0) is 22.8 Å². The number of aromatic nitrogens is 2. The van der Waals surface area contributed by atoms with E-state index in [9.17, 15) is 0 Å². The molecule has 3 aromatic carbocycles. The molecule has 2 N–H and O–H groups in total. The van der Waals surface area contributed by atoms with Crippen LogP contribution in [0.15, 0.2) is 72.8 Å². The van der Waals surface area contributed by atoms with Crippen LogP contribution in [0, 0.1) is 0 Å². The molecule has 0 aliphatic rings. The van der Waals surface area contributed by atoms with E-state index in [2.05, 4.69) is 59.6 Å². The Hall–Kier alpha value is -3.07. The van der Waals surface area contributed by atoms with Crippen molar-refractivity contribution in [3.05, 3.63) is 72.8 Å². The van der Waals surface area contributed by atoms with Crippen LogP contribution in [0.1, 0.15) is 0 Å². The number of anilines is 1. The molecule has 0 fully saturated rings. The summed E-state index contributed by atoms with van der Waals surface area (Å²) in [6, 6.07) is 25.1. The van der Waals surface area contributed by atoms with Gasteiger partial charge in [-0.25, -0.2) is 4.98 Å². The first-order valence-corrected chi connectivity index (χ1v) is 7.61. The van der Waals surface area contributed by atoms with Crippen LogP contribution in [0.25, 0.3) is 33.3 Å². The van der Waals surface area contributed by atoms with Gasteiger partial charge in [0.1, 0.15) is 0 Å². The van der Waals surface area contributed by atoms with Gasteiger partial charge in [-0.1, -0.05) is 66.7 Å². The molecule has 4 rings (SSSR count). The highest BCUT2D eigenvalue weighted by atomic mass is 15.1. The molecule has 23 heavy (non-hydrogen) atoms. The minimum Gasteiger partial charge on any atom is -0.369 e. The van der Waals surface area contributed by atoms with E-state index in [0.29, 0.717) is 5.95 Å². The summed E-state index contributed by atoms with van der Waals surface area (Å²) in [4.78, 5) is 4.40. The summed E-state index contributed by atoms with van der Waals surface area (Å²) in [6.45, 7) is 0. The first-order chi connectivity index (χ1) is 11.2. The SMILES string of the molecule is Cn1c(N)nc2cccc(-c3ccc(-c4ccccc4)cc3)c21. The van der Waals surface area contributed by atoms with Crippen molar-refractivity contribution in [2.24, 2.45) is 7.05 Å². The monoisotopic (exact) mass is 299 g/mol. The van der Waals surface area contributed by atoms with E-state index in [1.165, 1.54) is 16.7 Å². The first-order valence-electron chi connectivity index (χ1n) is 7.61. The molecular formula is C20H17N3. The Bertz CT molecular complexity index is 967. The number of para-hydroxylation sites is 1. The van der Waals surface area contributed by atoms with Gasteiger partial charge in [0, 0.05) is 12.6 Å². The molecular weight excluding hydrogens is 282 g/mol. The summed E-state index contributed by atoms with van der Waals surface area (Å²) < 4.78 is 1.94. The van der Waals surface area contributed by atoms with Crippen LogP contribution in [0.2, 0.25) is 0 Å². The number of hydrogen-bond donors (Lipinski definition) is 1. The zero-order valence-corrected chi connectivity index (χ0v) is 12.9. The summed E-state index contributed by atoms with van der Waals surface area (Å²) in [7, 11) is 1.95. The van der Waals surface area contributed by atoms with Crippen molar-refractivity contribution >= 4 is 17.0 Å². The van der Waals surface area contributed by atoms with Gasteiger partial charge in [-0.3, -0.25) is 0 Å². The van der Waals surface area contributed by atoms with Crippen molar-refractivity contribution in [3.63, 3.8) is 0 Å². The molecule has 0 radical (unpaired) electrons. The van der Waals surface area contributed by atoms with E-state index in [1.807, 2.05) is 29.8 Å². The fraction of sp³-hybridized carbons (Fsp3) is 0.0500. The van der Waals surface area contributed by atoms with Crippen LogP contribution in [-0.4, -0.2) is 9.55 Å². The number of nitrogens with two attached hydrogens (primary N) is 1. The quantitative estimate of drug-likeness (QED) is 0.592. The Labute approximate surface area is 135 Å². The van der Waals surface area contributed by atoms with Gasteiger partial charge in [-0.15, -0.1) is 0 Å². The second-order valence-corrected chi connectivity index (χ2v) is 5.65. The number of rotatable bonds is 2. The molecule has 0 amide bonds. The van der Waals surface area contributed by atoms with Crippen molar-refractivity contribution in [2.75, 3.05) is 5.73 Å². The number of nitrogen functional groups attached to an aromatic ring is 1. The number of fused-ring (bicyclic) bond motifs is 1. The summed E-state index contributed by atoms with van der Waals surface area (Å²) >= 11 is 0. The second-order valence-electron chi connectivity index (χ2n) is 5.65. The third kappa shape index (κ3) is 2.27. The van der Waals surface area contributed by atoms with Gasteiger partial charge in [0.25, 0.3) is 0 Å². The Morgan fingerprint density at radius 2 is 1.39 bits per heavy atom. The maximum absolute atomic E-state index is 5.95. The van der Waals surface area contributed by atoms with Crippen LogP contribution in [0.5, 0.6) is 0 Å². The van der Waals surface area contributed by atoms with Gasteiger partial charge in [0.2, 0.25) is 5.95 Å².